The van der Waals surface area contributed by atoms with E-state index in [0.29, 0.717) is 16.5 Å². The summed E-state index contributed by atoms with van der Waals surface area (Å²) in [5.41, 5.74) is 1.97. The molecule has 0 bridgehead atoms. The van der Waals surface area contributed by atoms with Crippen molar-refractivity contribution >= 4 is 21.8 Å². The van der Waals surface area contributed by atoms with Crippen molar-refractivity contribution < 1.29 is 18.0 Å². The van der Waals surface area contributed by atoms with Gasteiger partial charge in [0.25, 0.3) is 5.91 Å². The lowest BCUT2D eigenvalue weighted by Gasteiger charge is -2.24. The van der Waals surface area contributed by atoms with Crippen LogP contribution in [0.3, 0.4) is 0 Å². The molecule has 0 saturated carbocycles. The van der Waals surface area contributed by atoms with E-state index in [4.69, 9.17) is 0 Å². The number of amides is 1. The van der Waals surface area contributed by atoms with Gasteiger partial charge in [-0.3, -0.25) is 4.79 Å². The maximum absolute atomic E-state index is 12.5. The van der Waals surface area contributed by atoms with Crippen molar-refractivity contribution in [2.24, 2.45) is 0 Å². The molecular formula is C13H15BrF3NO. The van der Waals surface area contributed by atoms with Crippen LogP contribution in [0.1, 0.15) is 21.5 Å². The molecule has 0 radical (unpaired) electrons. The number of hydrogen-bond acceptors (Lipinski definition) is 1. The van der Waals surface area contributed by atoms with Gasteiger partial charge in [-0.1, -0.05) is 33.6 Å². The highest BCUT2D eigenvalue weighted by Gasteiger charge is 2.33. The SMILES string of the molecule is Cc1ccc(C(=O)N(CCBr)CC(F)(F)F)c(C)c1. The van der Waals surface area contributed by atoms with Crippen molar-refractivity contribution in [2.45, 2.75) is 20.0 Å². The van der Waals surface area contributed by atoms with E-state index in [1.807, 2.05) is 6.92 Å². The molecule has 0 fully saturated rings. The smallest absolute Gasteiger partial charge is 0.329 e. The zero-order valence-corrected chi connectivity index (χ0v) is 12.3. The molecule has 1 rings (SSSR count). The van der Waals surface area contributed by atoms with Crippen molar-refractivity contribution in [3.05, 3.63) is 34.9 Å². The molecule has 0 saturated heterocycles. The molecule has 0 aliphatic rings. The first-order chi connectivity index (χ1) is 8.74. The zero-order valence-electron chi connectivity index (χ0n) is 10.7. The lowest BCUT2D eigenvalue weighted by molar-refractivity contribution is -0.140. The van der Waals surface area contributed by atoms with Crippen molar-refractivity contribution in [3.8, 4) is 0 Å². The van der Waals surface area contributed by atoms with Gasteiger partial charge in [-0.15, -0.1) is 0 Å². The number of carbonyl (C=O) groups is 1. The molecule has 0 aliphatic carbocycles. The summed E-state index contributed by atoms with van der Waals surface area (Å²) in [6.07, 6.45) is -4.39. The van der Waals surface area contributed by atoms with Crippen LogP contribution in [0.2, 0.25) is 0 Å². The fourth-order valence-electron chi connectivity index (χ4n) is 1.79. The van der Waals surface area contributed by atoms with Gasteiger partial charge in [0.2, 0.25) is 0 Å². The minimum atomic E-state index is -4.39. The van der Waals surface area contributed by atoms with E-state index in [0.717, 1.165) is 10.5 Å². The monoisotopic (exact) mass is 337 g/mol. The Hall–Kier alpha value is -1.04. The van der Waals surface area contributed by atoms with E-state index in [-0.39, 0.29) is 6.54 Å². The van der Waals surface area contributed by atoms with E-state index in [1.54, 1.807) is 25.1 Å². The standard InChI is InChI=1S/C13H15BrF3NO/c1-9-3-4-11(10(2)7-9)12(19)18(6-5-14)8-13(15,16)17/h3-4,7H,5-6,8H2,1-2H3. The molecule has 1 aromatic carbocycles. The summed E-state index contributed by atoms with van der Waals surface area (Å²) in [5.74, 6) is -0.589. The minimum absolute atomic E-state index is 0.0195. The Balaban J connectivity index is 2.99. The van der Waals surface area contributed by atoms with Crippen LogP contribution in [0.25, 0.3) is 0 Å². The molecule has 0 unspecified atom stereocenters. The second-order valence-corrected chi connectivity index (χ2v) is 5.14. The predicted octanol–water partition coefficient (Wildman–Crippen LogP) is 3.70. The number of nitrogens with zero attached hydrogens (tertiary/aromatic N) is 1. The molecule has 1 amide bonds. The van der Waals surface area contributed by atoms with Crippen LogP contribution >= 0.6 is 15.9 Å². The number of alkyl halides is 4. The van der Waals surface area contributed by atoms with Crippen molar-refractivity contribution in [2.75, 3.05) is 18.4 Å². The Labute approximate surface area is 118 Å². The number of benzene rings is 1. The fourth-order valence-corrected chi connectivity index (χ4v) is 2.22. The van der Waals surface area contributed by atoms with Gasteiger partial charge in [0.05, 0.1) is 0 Å². The average molecular weight is 338 g/mol. The van der Waals surface area contributed by atoms with Gasteiger partial charge in [0.1, 0.15) is 6.54 Å². The first-order valence-corrected chi connectivity index (χ1v) is 6.86. The normalized spacial score (nSPS) is 11.5. The van der Waals surface area contributed by atoms with E-state index in [2.05, 4.69) is 15.9 Å². The Kier molecular flexibility index (Phi) is 5.40. The summed E-state index contributed by atoms with van der Waals surface area (Å²) < 4.78 is 37.4. The largest absolute Gasteiger partial charge is 0.406 e. The van der Waals surface area contributed by atoms with E-state index in [9.17, 15) is 18.0 Å². The Bertz CT molecular complexity index is 460. The molecule has 1 aromatic rings. The molecular weight excluding hydrogens is 323 g/mol. The number of carbonyl (C=O) groups excluding carboxylic acids is 1. The number of aryl methyl sites for hydroxylation is 2. The maximum Gasteiger partial charge on any atom is 0.406 e. The average Bonchev–Trinajstić information content (AvgIpc) is 2.26. The lowest BCUT2D eigenvalue weighted by Crippen LogP contribution is -2.40. The Morgan fingerprint density at radius 3 is 2.42 bits per heavy atom. The third kappa shape index (κ3) is 4.86. The van der Waals surface area contributed by atoms with Crippen LogP contribution < -0.4 is 0 Å². The van der Waals surface area contributed by atoms with Gasteiger partial charge < -0.3 is 4.90 Å². The second-order valence-electron chi connectivity index (χ2n) is 4.35. The predicted molar refractivity (Wildman–Crippen MR) is 71.7 cm³/mol. The molecule has 0 aliphatic heterocycles. The van der Waals surface area contributed by atoms with Gasteiger partial charge in [-0.25, -0.2) is 0 Å². The summed E-state index contributed by atoms with van der Waals surface area (Å²) in [5, 5.41) is 0.305. The van der Waals surface area contributed by atoms with E-state index in [1.165, 1.54) is 0 Å². The highest BCUT2D eigenvalue weighted by molar-refractivity contribution is 9.09. The zero-order chi connectivity index (χ0) is 14.6. The Morgan fingerprint density at radius 1 is 1.32 bits per heavy atom. The Morgan fingerprint density at radius 2 is 1.95 bits per heavy atom. The molecule has 2 nitrogen and oxygen atoms in total. The van der Waals surface area contributed by atoms with Gasteiger partial charge in [-0.2, -0.15) is 13.2 Å². The van der Waals surface area contributed by atoms with Gasteiger partial charge in [0.15, 0.2) is 0 Å². The molecule has 0 heterocycles. The van der Waals surface area contributed by atoms with Crippen molar-refractivity contribution in [3.63, 3.8) is 0 Å². The second kappa shape index (κ2) is 6.41. The van der Waals surface area contributed by atoms with E-state index < -0.39 is 18.6 Å². The topological polar surface area (TPSA) is 20.3 Å². The number of hydrogen-bond donors (Lipinski definition) is 0. The van der Waals surface area contributed by atoms with Crippen molar-refractivity contribution in [1.29, 1.82) is 0 Å². The van der Waals surface area contributed by atoms with E-state index >= 15 is 0 Å². The summed E-state index contributed by atoms with van der Waals surface area (Å²) >= 11 is 3.07. The first kappa shape index (κ1) is 16.0. The van der Waals surface area contributed by atoms with Gasteiger partial charge >= 0.3 is 6.18 Å². The molecule has 6 heteroatoms. The van der Waals surface area contributed by atoms with Crippen LogP contribution in [0.15, 0.2) is 18.2 Å². The van der Waals surface area contributed by atoms with Crippen LogP contribution in [-0.4, -0.2) is 35.4 Å². The fraction of sp³-hybridized carbons (Fsp3) is 0.462. The minimum Gasteiger partial charge on any atom is -0.329 e. The highest BCUT2D eigenvalue weighted by Crippen LogP contribution is 2.20. The summed E-state index contributed by atoms with van der Waals surface area (Å²) in [6, 6.07) is 5.08. The highest BCUT2D eigenvalue weighted by atomic mass is 79.9. The van der Waals surface area contributed by atoms with Crippen LogP contribution in [0.5, 0.6) is 0 Å². The molecule has 0 atom stereocenters. The number of rotatable bonds is 4. The maximum atomic E-state index is 12.5. The van der Waals surface area contributed by atoms with Crippen molar-refractivity contribution in [1.82, 2.24) is 4.90 Å². The quantitative estimate of drug-likeness (QED) is 0.767. The van der Waals surface area contributed by atoms with Crippen LogP contribution in [0.4, 0.5) is 13.2 Å². The van der Waals surface area contributed by atoms with Crippen LogP contribution in [-0.2, 0) is 0 Å². The third-order valence-corrected chi connectivity index (χ3v) is 2.98. The third-order valence-electron chi connectivity index (χ3n) is 2.62. The van der Waals surface area contributed by atoms with Gasteiger partial charge in [-0.05, 0) is 25.5 Å². The lowest BCUT2D eigenvalue weighted by atomic mass is 10.0. The summed E-state index contributed by atoms with van der Waals surface area (Å²) in [7, 11) is 0. The summed E-state index contributed by atoms with van der Waals surface area (Å²) in [4.78, 5) is 13.0. The molecule has 0 spiro atoms. The molecule has 106 valence electrons. The summed E-state index contributed by atoms with van der Waals surface area (Å²) in [6.45, 7) is 2.38. The van der Waals surface area contributed by atoms with Crippen LogP contribution in [0, 0.1) is 13.8 Å². The molecule has 0 N–H and O–H groups in total. The molecule has 0 aromatic heterocycles. The first-order valence-electron chi connectivity index (χ1n) is 5.74. The molecule has 19 heavy (non-hydrogen) atoms. The van der Waals surface area contributed by atoms with Gasteiger partial charge in [0, 0.05) is 17.4 Å². The number of halogens is 4.